The van der Waals surface area contributed by atoms with E-state index in [1.165, 1.54) is 0 Å². The lowest BCUT2D eigenvalue weighted by atomic mass is 10.1. The van der Waals surface area contributed by atoms with Gasteiger partial charge in [0.05, 0.1) is 12.1 Å². The number of nitrogens with zero attached hydrogens (tertiary/aromatic N) is 1. The second-order valence-corrected chi connectivity index (χ2v) is 4.40. The van der Waals surface area contributed by atoms with Crippen molar-refractivity contribution in [2.45, 2.75) is 26.2 Å². The first kappa shape index (κ1) is 12.8. The molecule has 2 N–H and O–H groups in total. The van der Waals surface area contributed by atoms with E-state index in [2.05, 4.69) is 18.0 Å². The molecule has 0 aliphatic rings. The van der Waals surface area contributed by atoms with E-state index < -0.39 is 0 Å². The molecular weight excluding hydrogens is 224 g/mol. The molecule has 0 fully saturated rings. The summed E-state index contributed by atoms with van der Waals surface area (Å²) in [7, 11) is 0. The van der Waals surface area contributed by atoms with Crippen LogP contribution in [0.4, 0.5) is 0 Å². The van der Waals surface area contributed by atoms with Crippen molar-refractivity contribution in [1.29, 1.82) is 0 Å². The molecule has 0 unspecified atom stereocenters. The van der Waals surface area contributed by atoms with Crippen molar-refractivity contribution in [2.75, 3.05) is 13.2 Å². The zero-order valence-electron chi connectivity index (χ0n) is 10.9. The van der Waals surface area contributed by atoms with Crippen molar-refractivity contribution < 1.29 is 4.74 Å². The fourth-order valence-electron chi connectivity index (χ4n) is 1.86. The van der Waals surface area contributed by atoms with Crippen LogP contribution >= 0.6 is 0 Å². The molecule has 0 atom stereocenters. The van der Waals surface area contributed by atoms with E-state index >= 15 is 0 Å². The molecule has 0 aliphatic carbocycles. The maximum absolute atomic E-state index is 5.68. The van der Waals surface area contributed by atoms with Crippen LogP contribution in [0.15, 0.2) is 30.3 Å². The Balaban J connectivity index is 2.16. The Morgan fingerprint density at radius 1 is 1.22 bits per heavy atom. The second-order valence-electron chi connectivity index (χ2n) is 4.40. The Hall–Kier alpha value is -1.61. The molecule has 1 aromatic carbocycles. The van der Waals surface area contributed by atoms with E-state index in [0.717, 1.165) is 48.2 Å². The van der Waals surface area contributed by atoms with Gasteiger partial charge in [-0.05, 0) is 37.2 Å². The monoisotopic (exact) mass is 244 g/mol. The zero-order valence-corrected chi connectivity index (χ0v) is 10.9. The van der Waals surface area contributed by atoms with Gasteiger partial charge in [0.15, 0.2) is 0 Å². The van der Waals surface area contributed by atoms with Crippen molar-refractivity contribution in [2.24, 2.45) is 5.73 Å². The minimum Gasteiger partial charge on any atom is -0.494 e. The first-order chi connectivity index (χ1) is 8.83. The molecule has 0 saturated heterocycles. The van der Waals surface area contributed by atoms with Gasteiger partial charge in [-0.2, -0.15) is 0 Å². The highest BCUT2D eigenvalue weighted by Crippen LogP contribution is 2.20. The third kappa shape index (κ3) is 3.20. The molecule has 1 aromatic heterocycles. The van der Waals surface area contributed by atoms with Gasteiger partial charge < -0.3 is 10.5 Å². The predicted molar refractivity (Wildman–Crippen MR) is 74.9 cm³/mol. The zero-order chi connectivity index (χ0) is 12.8. The lowest BCUT2D eigenvalue weighted by Crippen LogP contribution is -2.04. The average Bonchev–Trinajstić information content (AvgIpc) is 2.39. The summed E-state index contributed by atoms with van der Waals surface area (Å²) in [6.45, 7) is 3.57. The number of ether oxygens (including phenoxy) is 1. The Morgan fingerprint density at radius 2 is 2.11 bits per heavy atom. The molecule has 2 aromatic rings. The van der Waals surface area contributed by atoms with Crippen molar-refractivity contribution >= 4 is 10.9 Å². The van der Waals surface area contributed by atoms with Crippen LogP contribution in [0.2, 0.25) is 0 Å². The number of hydrogen-bond acceptors (Lipinski definition) is 3. The van der Waals surface area contributed by atoms with Crippen LogP contribution in [0.1, 0.15) is 25.5 Å². The van der Waals surface area contributed by atoms with E-state index in [1.54, 1.807) is 0 Å². The molecule has 18 heavy (non-hydrogen) atoms. The van der Waals surface area contributed by atoms with Gasteiger partial charge in [0.2, 0.25) is 0 Å². The van der Waals surface area contributed by atoms with Crippen LogP contribution in [-0.4, -0.2) is 18.1 Å². The molecule has 3 nitrogen and oxygen atoms in total. The Labute approximate surface area is 108 Å². The smallest absolute Gasteiger partial charge is 0.120 e. The maximum atomic E-state index is 5.68. The highest BCUT2D eigenvalue weighted by atomic mass is 16.5. The molecule has 0 spiro atoms. The van der Waals surface area contributed by atoms with Crippen molar-refractivity contribution in [3.05, 3.63) is 36.0 Å². The fourth-order valence-corrected chi connectivity index (χ4v) is 1.86. The third-order valence-electron chi connectivity index (χ3n) is 2.89. The SMILES string of the molecule is CCCCOc1ccc2nc(CCN)ccc2c1. The van der Waals surface area contributed by atoms with E-state index in [4.69, 9.17) is 10.5 Å². The van der Waals surface area contributed by atoms with Crippen molar-refractivity contribution in [3.63, 3.8) is 0 Å². The van der Waals surface area contributed by atoms with Crippen LogP contribution in [0, 0.1) is 0 Å². The van der Waals surface area contributed by atoms with Gasteiger partial charge in [-0.1, -0.05) is 19.4 Å². The summed E-state index contributed by atoms with van der Waals surface area (Å²) in [5, 5.41) is 1.12. The van der Waals surface area contributed by atoms with Gasteiger partial charge in [0, 0.05) is 17.5 Å². The Bertz CT molecular complexity index is 511. The lowest BCUT2D eigenvalue weighted by Gasteiger charge is -2.07. The summed E-state index contributed by atoms with van der Waals surface area (Å²) in [4.78, 5) is 4.57. The number of benzene rings is 1. The van der Waals surface area contributed by atoms with Gasteiger partial charge in [-0.15, -0.1) is 0 Å². The Morgan fingerprint density at radius 3 is 2.89 bits per heavy atom. The normalized spacial score (nSPS) is 10.8. The van der Waals surface area contributed by atoms with Crippen molar-refractivity contribution in [3.8, 4) is 5.75 Å². The highest BCUT2D eigenvalue weighted by Gasteiger charge is 2.00. The quantitative estimate of drug-likeness (QED) is 0.795. The molecule has 3 heteroatoms. The average molecular weight is 244 g/mol. The number of pyridine rings is 1. The second kappa shape index (κ2) is 6.36. The number of hydrogen-bond donors (Lipinski definition) is 1. The van der Waals surface area contributed by atoms with Crippen LogP contribution < -0.4 is 10.5 Å². The Kier molecular flexibility index (Phi) is 4.53. The molecule has 0 bridgehead atoms. The minimum atomic E-state index is 0.636. The molecule has 2 rings (SSSR count). The van der Waals surface area contributed by atoms with Crippen LogP contribution in [0.3, 0.4) is 0 Å². The van der Waals surface area contributed by atoms with Gasteiger partial charge in [0.25, 0.3) is 0 Å². The van der Waals surface area contributed by atoms with Crippen molar-refractivity contribution in [1.82, 2.24) is 4.98 Å². The van der Waals surface area contributed by atoms with E-state index in [-0.39, 0.29) is 0 Å². The predicted octanol–water partition coefficient (Wildman–Crippen LogP) is 2.91. The lowest BCUT2D eigenvalue weighted by molar-refractivity contribution is 0.310. The first-order valence-electron chi connectivity index (χ1n) is 6.56. The molecule has 0 saturated carbocycles. The van der Waals surface area contributed by atoms with Gasteiger partial charge in [-0.3, -0.25) is 4.98 Å². The summed E-state index contributed by atoms with van der Waals surface area (Å²) >= 11 is 0. The molecular formula is C15H20N2O. The number of aromatic nitrogens is 1. The first-order valence-corrected chi connectivity index (χ1v) is 6.56. The molecule has 1 heterocycles. The summed E-state index contributed by atoms with van der Waals surface area (Å²) in [5.41, 5.74) is 7.59. The van der Waals surface area contributed by atoms with E-state index in [9.17, 15) is 0 Å². The summed E-state index contributed by atoms with van der Waals surface area (Å²) in [6, 6.07) is 10.2. The molecule has 96 valence electrons. The van der Waals surface area contributed by atoms with Crippen LogP contribution in [0.5, 0.6) is 5.75 Å². The standard InChI is InChI=1S/C15H20N2O/c1-2-3-10-18-14-6-7-15-12(11-14)4-5-13(17-15)8-9-16/h4-7,11H,2-3,8-10,16H2,1H3. The number of rotatable bonds is 6. The summed E-state index contributed by atoms with van der Waals surface area (Å²) in [5.74, 6) is 0.921. The number of fused-ring (bicyclic) bond motifs is 1. The van der Waals surface area contributed by atoms with Gasteiger partial charge >= 0.3 is 0 Å². The van der Waals surface area contributed by atoms with E-state index in [0.29, 0.717) is 6.54 Å². The summed E-state index contributed by atoms with van der Waals surface area (Å²) in [6.07, 6.45) is 3.06. The fraction of sp³-hybridized carbons (Fsp3) is 0.400. The van der Waals surface area contributed by atoms with Crippen LogP contribution in [-0.2, 0) is 6.42 Å². The molecule has 0 aliphatic heterocycles. The maximum Gasteiger partial charge on any atom is 0.120 e. The minimum absolute atomic E-state index is 0.636. The number of unbranched alkanes of at least 4 members (excludes halogenated alkanes) is 1. The van der Waals surface area contributed by atoms with Crippen LogP contribution in [0.25, 0.3) is 10.9 Å². The highest BCUT2D eigenvalue weighted by molar-refractivity contribution is 5.80. The summed E-state index contributed by atoms with van der Waals surface area (Å²) < 4.78 is 5.68. The van der Waals surface area contributed by atoms with Gasteiger partial charge in [-0.25, -0.2) is 0 Å². The molecule has 0 radical (unpaired) electrons. The topological polar surface area (TPSA) is 48.1 Å². The number of nitrogens with two attached hydrogens (primary N) is 1. The van der Waals surface area contributed by atoms with Gasteiger partial charge in [0.1, 0.15) is 5.75 Å². The van der Waals surface area contributed by atoms with E-state index in [1.807, 2.05) is 24.3 Å². The largest absolute Gasteiger partial charge is 0.494 e. The third-order valence-corrected chi connectivity index (χ3v) is 2.89. The molecule has 0 amide bonds.